The molecule has 8 heteroatoms. The third kappa shape index (κ3) is 3.59. The zero-order valence-corrected chi connectivity index (χ0v) is 10.4. The van der Waals surface area contributed by atoms with Gasteiger partial charge in [0.1, 0.15) is 0 Å². The third-order valence-electron chi connectivity index (χ3n) is 2.22. The molecule has 0 saturated heterocycles. The van der Waals surface area contributed by atoms with E-state index < -0.39 is 19.4 Å². The molecule has 0 aliphatic carbocycles. The van der Waals surface area contributed by atoms with E-state index in [-0.39, 0.29) is 0 Å². The van der Waals surface area contributed by atoms with Gasteiger partial charge < -0.3 is 9.97 Å². The van der Waals surface area contributed by atoms with E-state index in [2.05, 4.69) is 9.97 Å². The van der Waals surface area contributed by atoms with Gasteiger partial charge in [-0.15, -0.1) is 9.79 Å². The van der Waals surface area contributed by atoms with Gasteiger partial charge in [-0.2, -0.15) is 0 Å². The van der Waals surface area contributed by atoms with Crippen LogP contribution in [0, 0.1) is 0 Å². The van der Waals surface area contributed by atoms with Crippen molar-refractivity contribution in [3.8, 4) is 0 Å². The number of rotatable bonds is 1. The lowest BCUT2D eigenvalue weighted by atomic mass is 10.1. The van der Waals surface area contributed by atoms with Crippen LogP contribution in [0.2, 0.25) is 0 Å². The summed E-state index contributed by atoms with van der Waals surface area (Å²) < 4.78 is 8.70. The maximum atomic E-state index is 11.1. The van der Waals surface area contributed by atoms with E-state index in [0.717, 1.165) is 17.5 Å². The van der Waals surface area contributed by atoms with Crippen LogP contribution in [-0.2, 0) is 11.0 Å². The van der Waals surface area contributed by atoms with Crippen LogP contribution in [0.25, 0.3) is 11.0 Å². The zero-order valence-electron chi connectivity index (χ0n) is 9.51. The molecule has 1 aromatic carbocycles. The number of hydrogen-bond acceptors (Lipinski definition) is 3. The molecule has 0 unspecified atom stereocenters. The molecular formula is C10H12N2O5P+. The fourth-order valence-corrected chi connectivity index (χ4v) is 1.50. The van der Waals surface area contributed by atoms with Crippen molar-refractivity contribution in [2.75, 3.05) is 0 Å². The molecule has 1 heterocycles. The molecule has 4 N–H and O–H groups in total. The number of aromatic amines is 2. The van der Waals surface area contributed by atoms with Gasteiger partial charge in [-0.1, -0.05) is 19.1 Å². The molecule has 0 spiro atoms. The molecule has 7 nitrogen and oxygen atoms in total. The van der Waals surface area contributed by atoms with Gasteiger partial charge in [0, 0.05) is 4.57 Å². The summed E-state index contributed by atoms with van der Waals surface area (Å²) in [7, 11) is -2.87. The van der Waals surface area contributed by atoms with E-state index in [0.29, 0.717) is 5.52 Å². The van der Waals surface area contributed by atoms with Crippen molar-refractivity contribution in [2.45, 2.75) is 13.3 Å². The van der Waals surface area contributed by atoms with E-state index in [4.69, 9.17) is 14.4 Å². The van der Waals surface area contributed by atoms with Gasteiger partial charge in [-0.05, 0) is 18.1 Å². The van der Waals surface area contributed by atoms with Crippen LogP contribution >= 0.6 is 8.25 Å². The van der Waals surface area contributed by atoms with E-state index in [1.54, 1.807) is 6.07 Å². The number of nitrogens with one attached hydrogen (secondary N) is 2. The van der Waals surface area contributed by atoms with Crippen LogP contribution in [-0.4, -0.2) is 19.8 Å². The van der Waals surface area contributed by atoms with Crippen molar-refractivity contribution in [3.05, 3.63) is 44.5 Å². The molecule has 0 bridgehead atoms. The predicted octanol–water partition coefficient (Wildman–Crippen LogP) is 0.407. The minimum absolute atomic E-state index is 0.599. The molecule has 0 aliphatic rings. The summed E-state index contributed by atoms with van der Waals surface area (Å²) in [4.78, 5) is 41.5. The molecule has 18 heavy (non-hydrogen) atoms. The van der Waals surface area contributed by atoms with Gasteiger partial charge in [0.05, 0.1) is 11.0 Å². The van der Waals surface area contributed by atoms with Crippen LogP contribution in [0.5, 0.6) is 0 Å². The molecule has 0 fully saturated rings. The monoisotopic (exact) mass is 271 g/mol. The van der Waals surface area contributed by atoms with Crippen LogP contribution in [0.15, 0.2) is 27.8 Å². The molecule has 0 radical (unpaired) electrons. The zero-order chi connectivity index (χ0) is 13.7. The Bertz CT molecular complexity index is 672. The topological polar surface area (TPSA) is 123 Å². The smallest absolute Gasteiger partial charge is 0.316 e. The first kappa shape index (κ1) is 14.2. The highest BCUT2D eigenvalue weighted by atomic mass is 31.1. The number of aromatic nitrogens is 2. The lowest BCUT2D eigenvalue weighted by molar-refractivity contribution is 0.405. The van der Waals surface area contributed by atoms with Crippen LogP contribution in [0.1, 0.15) is 12.5 Å². The van der Waals surface area contributed by atoms with Crippen molar-refractivity contribution in [2.24, 2.45) is 0 Å². The Balaban J connectivity index is 0.000000357. The molecule has 0 atom stereocenters. The number of H-pyrrole nitrogens is 2. The van der Waals surface area contributed by atoms with Crippen LogP contribution in [0.4, 0.5) is 0 Å². The SMILES string of the molecule is CCc1cccc2[nH]c(=O)c(=O)[nH]c12.O=[P+](O)O. The summed E-state index contributed by atoms with van der Waals surface area (Å²) >= 11 is 0. The van der Waals surface area contributed by atoms with Crippen LogP contribution in [0.3, 0.4) is 0 Å². The Hall–Kier alpha value is -1.82. The molecule has 2 rings (SSSR count). The van der Waals surface area contributed by atoms with Crippen molar-refractivity contribution >= 4 is 19.3 Å². The van der Waals surface area contributed by atoms with Gasteiger partial charge in [-0.25, -0.2) is 0 Å². The molecule has 0 aliphatic heterocycles. The van der Waals surface area contributed by atoms with Gasteiger partial charge in [0.2, 0.25) is 0 Å². The number of benzene rings is 1. The highest BCUT2D eigenvalue weighted by molar-refractivity contribution is 7.30. The summed E-state index contributed by atoms with van der Waals surface area (Å²) in [6.45, 7) is 2.00. The quantitative estimate of drug-likeness (QED) is 0.441. The highest BCUT2D eigenvalue weighted by Crippen LogP contribution is 2.11. The van der Waals surface area contributed by atoms with E-state index in [1.165, 1.54) is 0 Å². The van der Waals surface area contributed by atoms with Gasteiger partial charge in [0.15, 0.2) is 0 Å². The molecule has 1 aromatic heterocycles. The average molecular weight is 271 g/mol. The van der Waals surface area contributed by atoms with Crippen molar-refractivity contribution in [1.82, 2.24) is 9.97 Å². The molecule has 0 saturated carbocycles. The Morgan fingerprint density at radius 3 is 2.28 bits per heavy atom. The Labute approximate surface area is 102 Å². The van der Waals surface area contributed by atoms with E-state index in [1.807, 2.05) is 19.1 Å². The lowest BCUT2D eigenvalue weighted by Crippen LogP contribution is -2.29. The number of hydrogen-bond donors (Lipinski definition) is 4. The lowest BCUT2D eigenvalue weighted by Gasteiger charge is -2.01. The molecule has 0 amide bonds. The summed E-state index contributed by atoms with van der Waals surface area (Å²) in [6.07, 6.45) is 0.819. The second-order valence-corrected chi connectivity index (χ2v) is 3.86. The second-order valence-electron chi connectivity index (χ2n) is 3.35. The summed E-state index contributed by atoms with van der Waals surface area (Å²) in [5.74, 6) is 0. The fraction of sp³-hybridized carbons (Fsp3) is 0.200. The van der Waals surface area contributed by atoms with E-state index in [9.17, 15) is 9.59 Å². The summed E-state index contributed by atoms with van der Waals surface area (Å²) in [5, 5.41) is 0. The number of para-hydroxylation sites is 1. The standard InChI is InChI=1S/C10H10N2O2.HO3P/c1-2-6-4-3-5-7-8(6)12-10(14)9(13)11-7;1-4(2)3/h3-5H,2H2,1H3,(H,11,13)(H,12,14);(H-,1,2,3)/p+1. The van der Waals surface area contributed by atoms with Gasteiger partial charge >= 0.3 is 19.4 Å². The predicted molar refractivity (Wildman–Crippen MR) is 66.6 cm³/mol. The maximum Gasteiger partial charge on any atom is 0.692 e. The Morgan fingerprint density at radius 2 is 1.72 bits per heavy atom. The average Bonchev–Trinajstić information content (AvgIpc) is 2.29. The van der Waals surface area contributed by atoms with Crippen molar-refractivity contribution < 1.29 is 14.4 Å². The van der Waals surface area contributed by atoms with Crippen molar-refractivity contribution in [3.63, 3.8) is 0 Å². The number of aryl methyl sites for hydroxylation is 1. The highest BCUT2D eigenvalue weighted by Gasteiger charge is 2.02. The number of fused-ring (bicyclic) bond motifs is 1. The van der Waals surface area contributed by atoms with Crippen LogP contribution < -0.4 is 11.1 Å². The molecular weight excluding hydrogens is 259 g/mol. The van der Waals surface area contributed by atoms with Gasteiger partial charge in [-0.3, -0.25) is 9.59 Å². The maximum absolute atomic E-state index is 11.1. The molecule has 96 valence electrons. The summed E-state index contributed by atoms with van der Waals surface area (Å²) in [6, 6.07) is 5.55. The minimum atomic E-state index is -2.87. The second kappa shape index (κ2) is 6.20. The van der Waals surface area contributed by atoms with Crippen molar-refractivity contribution in [1.29, 1.82) is 0 Å². The first-order valence-electron chi connectivity index (χ1n) is 5.05. The Morgan fingerprint density at radius 1 is 1.17 bits per heavy atom. The first-order valence-corrected chi connectivity index (χ1v) is 6.21. The first-order chi connectivity index (χ1) is 8.45. The fourth-order valence-electron chi connectivity index (χ4n) is 1.50. The van der Waals surface area contributed by atoms with Gasteiger partial charge in [0.25, 0.3) is 0 Å². The normalized spacial score (nSPS) is 9.72. The molecule has 2 aromatic rings. The van der Waals surface area contributed by atoms with E-state index >= 15 is 0 Å². The summed E-state index contributed by atoms with van der Waals surface area (Å²) in [5.41, 5.74) is 1.22. The third-order valence-corrected chi connectivity index (χ3v) is 2.22. The Kier molecular flexibility index (Phi) is 4.91. The largest absolute Gasteiger partial charge is 0.692 e. The minimum Gasteiger partial charge on any atom is -0.316 e.